The number of hydrogen-bond acceptors (Lipinski definition) is 2. The molecule has 0 heterocycles. The van der Waals surface area contributed by atoms with Crippen LogP contribution in [0.2, 0.25) is 5.02 Å². The van der Waals surface area contributed by atoms with Crippen molar-refractivity contribution in [3.63, 3.8) is 0 Å². The van der Waals surface area contributed by atoms with E-state index in [4.69, 9.17) is 11.6 Å². The zero-order chi connectivity index (χ0) is 20.6. The summed E-state index contributed by atoms with van der Waals surface area (Å²) in [6, 6.07) is 3.52. The van der Waals surface area contributed by atoms with E-state index in [-0.39, 0.29) is 23.0 Å². The van der Waals surface area contributed by atoms with E-state index in [0.29, 0.717) is 25.0 Å². The average molecular weight is 404 g/mol. The molecule has 0 spiro atoms. The summed E-state index contributed by atoms with van der Waals surface area (Å²) in [5, 5.41) is 12.0. The number of aliphatic carboxylic acids is 1. The minimum Gasteiger partial charge on any atom is -0.478 e. The third kappa shape index (κ3) is 4.46. The summed E-state index contributed by atoms with van der Waals surface area (Å²) in [4.78, 5) is 23.1. The lowest BCUT2D eigenvalue weighted by molar-refractivity contribution is -0.137. The summed E-state index contributed by atoms with van der Waals surface area (Å²) in [5.41, 5.74) is -1.20. The van der Waals surface area contributed by atoms with Crippen molar-refractivity contribution in [2.24, 2.45) is 5.92 Å². The van der Waals surface area contributed by atoms with Gasteiger partial charge in [0, 0.05) is 24.5 Å². The Morgan fingerprint density at radius 3 is 2.52 bits per heavy atom. The molecule has 148 valence electrons. The zero-order valence-corrected chi connectivity index (χ0v) is 16.0. The molecule has 0 fully saturated rings. The van der Waals surface area contributed by atoms with Gasteiger partial charge in [0.05, 0.1) is 10.6 Å². The molecule has 27 heavy (non-hydrogen) atoms. The van der Waals surface area contributed by atoms with E-state index in [0.717, 1.165) is 12.1 Å². The number of amides is 1. The van der Waals surface area contributed by atoms with Crippen molar-refractivity contribution in [1.29, 1.82) is 0 Å². The van der Waals surface area contributed by atoms with Gasteiger partial charge in [0.15, 0.2) is 0 Å². The molecule has 8 heteroatoms. The van der Waals surface area contributed by atoms with Crippen LogP contribution in [0.1, 0.15) is 44.7 Å². The van der Waals surface area contributed by atoms with Crippen LogP contribution in [0.15, 0.2) is 29.3 Å². The molecule has 0 saturated heterocycles. The van der Waals surface area contributed by atoms with Gasteiger partial charge >= 0.3 is 12.1 Å². The number of hydrogen-bond donors (Lipinski definition) is 2. The summed E-state index contributed by atoms with van der Waals surface area (Å²) < 4.78 is 39.8. The SMILES string of the molecule is CC(=O)NCC1CC(C)=C(C(=O)O)C(C)(c2ccc(Cl)c(C(F)(F)F)c2)C1. The lowest BCUT2D eigenvalue weighted by atomic mass is 9.63. The zero-order valence-electron chi connectivity index (χ0n) is 15.2. The minimum absolute atomic E-state index is 0.0907. The van der Waals surface area contributed by atoms with Gasteiger partial charge in [-0.15, -0.1) is 0 Å². The fourth-order valence-electron chi connectivity index (χ4n) is 3.96. The fraction of sp³-hybridized carbons (Fsp3) is 0.474. The smallest absolute Gasteiger partial charge is 0.417 e. The number of allylic oxidation sites excluding steroid dienone is 1. The van der Waals surface area contributed by atoms with Crippen molar-refractivity contribution in [3.8, 4) is 0 Å². The fourth-order valence-corrected chi connectivity index (χ4v) is 4.18. The second-order valence-electron chi connectivity index (χ2n) is 7.20. The first-order valence-corrected chi connectivity index (χ1v) is 8.79. The number of benzene rings is 1. The van der Waals surface area contributed by atoms with Crippen LogP contribution < -0.4 is 5.32 Å². The molecule has 0 bridgehead atoms. The Hall–Kier alpha value is -2.02. The van der Waals surface area contributed by atoms with E-state index in [1.165, 1.54) is 13.0 Å². The maximum Gasteiger partial charge on any atom is 0.417 e. The Balaban J connectivity index is 2.57. The van der Waals surface area contributed by atoms with Gasteiger partial charge in [-0.3, -0.25) is 4.79 Å². The summed E-state index contributed by atoms with van der Waals surface area (Å²) in [6.07, 6.45) is -3.89. The van der Waals surface area contributed by atoms with Crippen LogP contribution in [0.25, 0.3) is 0 Å². The third-order valence-corrected chi connectivity index (χ3v) is 5.36. The van der Waals surface area contributed by atoms with Crippen LogP contribution in [0, 0.1) is 5.92 Å². The first-order chi connectivity index (χ1) is 12.4. The van der Waals surface area contributed by atoms with E-state index >= 15 is 0 Å². The van der Waals surface area contributed by atoms with E-state index in [2.05, 4.69) is 5.32 Å². The molecule has 0 aliphatic heterocycles. The van der Waals surface area contributed by atoms with Crippen LogP contribution >= 0.6 is 11.6 Å². The Kier molecular flexibility index (Phi) is 5.94. The third-order valence-electron chi connectivity index (χ3n) is 5.03. The minimum atomic E-state index is -4.64. The number of halogens is 4. The lowest BCUT2D eigenvalue weighted by Crippen LogP contribution is -2.40. The Morgan fingerprint density at radius 2 is 2.00 bits per heavy atom. The number of carbonyl (C=O) groups excluding carboxylic acids is 1. The van der Waals surface area contributed by atoms with Gasteiger partial charge in [-0.2, -0.15) is 13.2 Å². The first kappa shape index (κ1) is 21.3. The molecule has 2 unspecified atom stereocenters. The molecular weight excluding hydrogens is 383 g/mol. The van der Waals surface area contributed by atoms with Crippen LogP contribution in [-0.2, 0) is 21.2 Å². The van der Waals surface area contributed by atoms with Crippen molar-refractivity contribution in [2.75, 3.05) is 6.54 Å². The molecule has 1 aliphatic rings. The predicted molar refractivity (Wildman–Crippen MR) is 95.5 cm³/mol. The monoisotopic (exact) mass is 403 g/mol. The molecule has 0 saturated carbocycles. The number of nitrogens with one attached hydrogen (secondary N) is 1. The number of carboxylic acids is 1. The highest BCUT2D eigenvalue weighted by molar-refractivity contribution is 6.31. The van der Waals surface area contributed by atoms with Gasteiger partial charge in [0.1, 0.15) is 0 Å². The van der Waals surface area contributed by atoms with Crippen molar-refractivity contribution in [2.45, 2.75) is 45.2 Å². The number of alkyl halides is 3. The molecule has 1 amide bonds. The van der Waals surface area contributed by atoms with Gasteiger partial charge in [0.2, 0.25) is 5.91 Å². The number of carbonyl (C=O) groups is 2. The van der Waals surface area contributed by atoms with E-state index in [1.807, 2.05) is 0 Å². The van der Waals surface area contributed by atoms with Crippen molar-refractivity contribution in [1.82, 2.24) is 5.32 Å². The Labute approximate surface area is 160 Å². The molecule has 4 nitrogen and oxygen atoms in total. The van der Waals surface area contributed by atoms with Crippen molar-refractivity contribution < 1.29 is 27.9 Å². The van der Waals surface area contributed by atoms with E-state index in [9.17, 15) is 27.9 Å². The molecule has 0 radical (unpaired) electrons. The van der Waals surface area contributed by atoms with Crippen LogP contribution in [0.3, 0.4) is 0 Å². The Bertz CT molecular complexity index is 804. The van der Waals surface area contributed by atoms with Gasteiger partial charge in [-0.05, 0) is 43.4 Å². The maximum absolute atomic E-state index is 13.3. The average Bonchev–Trinajstić information content (AvgIpc) is 2.51. The van der Waals surface area contributed by atoms with Crippen molar-refractivity contribution >= 4 is 23.5 Å². The molecule has 2 N–H and O–H groups in total. The Morgan fingerprint density at radius 1 is 1.37 bits per heavy atom. The predicted octanol–water partition coefficient (Wildman–Crippen LogP) is 4.56. The highest BCUT2D eigenvalue weighted by Gasteiger charge is 2.43. The van der Waals surface area contributed by atoms with Gasteiger partial charge in [-0.1, -0.05) is 30.2 Å². The highest BCUT2D eigenvalue weighted by atomic mass is 35.5. The molecule has 2 atom stereocenters. The van der Waals surface area contributed by atoms with Gasteiger partial charge < -0.3 is 10.4 Å². The van der Waals surface area contributed by atoms with Crippen LogP contribution in [0.4, 0.5) is 13.2 Å². The summed E-state index contributed by atoms with van der Waals surface area (Å²) in [7, 11) is 0. The standard InChI is InChI=1S/C19H21ClF3NO3/c1-10-6-12(9-24-11(2)25)8-18(3,16(10)17(26)27)13-4-5-15(20)14(7-13)19(21,22)23/h4-5,7,12H,6,8-9H2,1-3H3,(H,24,25)(H,26,27). The van der Waals surface area contributed by atoms with Gasteiger partial charge in [0.25, 0.3) is 0 Å². The number of carboxylic acid groups (broad SMARTS) is 1. The summed E-state index contributed by atoms with van der Waals surface area (Å²) >= 11 is 5.71. The van der Waals surface area contributed by atoms with Gasteiger partial charge in [-0.25, -0.2) is 4.79 Å². The summed E-state index contributed by atoms with van der Waals surface area (Å²) in [5.74, 6) is -1.46. The normalized spacial score (nSPS) is 23.3. The van der Waals surface area contributed by atoms with Crippen LogP contribution in [0.5, 0.6) is 0 Å². The molecule has 1 aromatic carbocycles. The maximum atomic E-state index is 13.3. The van der Waals surface area contributed by atoms with E-state index < -0.39 is 28.1 Å². The quantitative estimate of drug-likeness (QED) is 0.774. The molecule has 0 aromatic heterocycles. The lowest BCUT2D eigenvalue weighted by Gasteiger charge is -2.40. The largest absolute Gasteiger partial charge is 0.478 e. The first-order valence-electron chi connectivity index (χ1n) is 8.41. The van der Waals surface area contributed by atoms with Crippen molar-refractivity contribution in [3.05, 3.63) is 45.5 Å². The highest BCUT2D eigenvalue weighted by Crippen LogP contribution is 2.47. The van der Waals surface area contributed by atoms with Crippen LogP contribution in [-0.4, -0.2) is 23.5 Å². The molecular formula is C19H21ClF3NO3. The summed E-state index contributed by atoms with van der Waals surface area (Å²) in [6.45, 7) is 5.00. The second kappa shape index (κ2) is 7.54. The second-order valence-corrected chi connectivity index (χ2v) is 7.60. The topological polar surface area (TPSA) is 66.4 Å². The molecule has 1 aliphatic carbocycles. The molecule has 2 rings (SSSR count). The number of rotatable bonds is 4. The van der Waals surface area contributed by atoms with E-state index in [1.54, 1.807) is 13.8 Å². The molecule has 1 aromatic rings.